The third-order valence-electron chi connectivity index (χ3n) is 4.85. The average Bonchev–Trinajstić information content (AvgIpc) is 2.76. The van der Waals surface area contributed by atoms with E-state index in [1.54, 1.807) is 24.3 Å². The van der Waals surface area contributed by atoms with Crippen molar-refractivity contribution in [2.24, 2.45) is 0 Å². The van der Waals surface area contributed by atoms with E-state index in [-0.39, 0.29) is 12.0 Å². The fourth-order valence-corrected chi connectivity index (χ4v) is 3.38. The summed E-state index contributed by atoms with van der Waals surface area (Å²) < 4.78 is 26.4. The summed E-state index contributed by atoms with van der Waals surface area (Å²) >= 11 is 0. The van der Waals surface area contributed by atoms with Crippen molar-refractivity contribution in [2.75, 3.05) is 15.5 Å². The lowest BCUT2D eigenvalue weighted by atomic mass is 10.0. The number of hydrogen-bond acceptors (Lipinski definition) is 3. The summed E-state index contributed by atoms with van der Waals surface area (Å²) in [6, 6.07) is 15.7. The lowest BCUT2D eigenvalue weighted by Gasteiger charge is -2.36. The Hall–Kier alpha value is -4.07. The minimum absolute atomic E-state index is 0.176. The SMILES string of the molecule is O=C(C[C@H]1C(=O)Nc2ccccc2N1C(=O)c1ccc(F)cc1)Nc1ccc(F)cc1. The first kappa shape index (κ1) is 20.2. The van der Waals surface area contributed by atoms with Crippen LogP contribution in [0.25, 0.3) is 0 Å². The van der Waals surface area contributed by atoms with Gasteiger partial charge in [-0.2, -0.15) is 0 Å². The van der Waals surface area contributed by atoms with Crippen molar-refractivity contribution in [2.45, 2.75) is 12.5 Å². The molecule has 0 spiro atoms. The van der Waals surface area contributed by atoms with E-state index in [2.05, 4.69) is 10.6 Å². The quantitative estimate of drug-likeness (QED) is 0.669. The Labute approximate surface area is 176 Å². The van der Waals surface area contributed by atoms with E-state index in [1.807, 2.05) is 0 Å². The molecule has 0 saturated carbocycles. The number of halogens is 2. The van der Waals surface area contributed by atoms with Gasteiger partial charge in [-0.05, 0) is 60.7 Å². The molecule has 2 N–H and O–H groups in total. The molecule has 4 rings (SSSR count). The molecular formula is C23H17F2N3O3. The van der Waals surface area contributed by atoms with E-state index in [4.69, 9.17) is 0 Å². The van der Waals surface area contributed by atoms with Crippen molar-refractivity contribution in [3.8, 4) is 0 Å². The highest BCUT2D eigenvalue weighted by Crippen LogP contribution is 2.34. The molecule has 0 fully saturated rings. The van der Waals surface area contributed by atoms with E-state index >= 15 is 0 Å². The van der Waals surface area contributed by atoms with Gasteiger partial charge in [0.25, 0.3) is 5.91 Å². The number of fused-ring (bicyclic) bond motifs is 1. The fourth-order valence-electron chi connectivity index (χ4n) is 3.38. The van der Waals surface area contributed by atoms with Gasteiger partial charge in [0.2, 0.25) is 11.8 Å². The fraction of sp³-hybridized carbons (Fsp3) is 0.0870. The average molecular weight is 421 g/mol. The molecule has 3 aromatic carbocycles. The number of rotatable bonds is 4. The molecule has 0 aliphatic carbocycles. The van der Waals surface area contributed by atoms with Gasteiger partial charge in [-0.1, -0.05) is 12.1 Å². The Morgan fingerprint density at radius 2 is 1.52 bits per heavy atom. The van der Waals surface area contributed by atoms with Crippen molar-refractivity contribution in [3.63, 3.8) is 0 Å². The van der Waals surface area contributed by atoms with E-state index in [9.17, 15) is 23.2 Å². The van der Waals surface area contributed by atoms with Crippen LogP contribution in [-0.4, -0.2) is 23.8 Å². The highest BCUT2D eigenvalue weighted by molar-refractivity contribution is 6.17. The molecule has 1 aliphatic heterocycles. The monoisotopic (exact) mass is 421 g/mol. The molecule has 0 unspecified atom stereocenters. The molecule has 1 atom stereocenters. The van der Waals surface area contributed by atoms with Gasteiger partial charge in [-0.15, -0.1) is 0 Å². The Balaban J connectivity index is 1.64. The molecule has 3 amide bonds. The summed E-state index contributed by atoms with van der Waals surface area (Å²) in [7, 11) is 0. The molecule has 6 nitrogen and oxygen atoms in total. The maximum absolute atomic E-state index is 13.3. The molecular weight excluding hydrogens is 404 g/mol. The van der Waals surface area contributed by atoms with Gasteiger partial charge < -0.3 is 10.6 Å². The summed E-state index contributed by atoms with van der Waals surface area (Å²) in [5, 5.41) is 5.30. The molecule has 0 bridgehead atoms. The van der Waals surface area contributed by atoms with Crippen molar-refractivity contribution in [1.82, 2.24) is 0 Å². The normalized spacial score (nSPS) is 15.1. The minimum atomic E-state index is -1.13. The second kappa shape index (κ2) is 8.35. The Bertz CT molecular complexity index is 1150. The summed E-state index contributed by atoms with van der Waals surface area (Å²) in [6.07, 6.45) is -0.329. The van der Waals surface area contributed by atoms with Gasteiger partial charge in [-0.3, -0.25) is 19.3 Å². The van der Waals surface area contributed by atoms with Crippen LogP contribution in [0.2, 0.25) is 0 Å². The second-order valence-corrected chi connectivity index (χ2v) is 6.96. The van der Waals surface area contributed by atoms with Gasteiger partial charge in [-0.25, -0.2) is 8.78 Å². The van der Waals surface area contributed by atoms with Crippen LogP contribution in [0.4, 0.5) is 25.8 Å². The maximum Gasteiger partial charge on any atom is 0.259 e. The van der Waals surface area contributed by atoms with Crippen LogP contribution in [0, 0.1) is 11.6 Å². The summed E-state index contributed by atoms with van der Waals surface area (Å²) in [5.41, 5.74) is 1.39. The van der Waals surface area contributed by atoms with Crippen LogP contribution >= 0.6 is 0 Å². The topological polar surface area (TPSA) is 78.5 Å². The maximum atomic E-state index is 13.3. The number of nitrogens with zero attached hydrogens (tertiary/aromatic N) is 1. The third kappa shape index (κ3) is 4.28. The number of amides is 3. The first-order valence-corrected chi connectivity index (χ1v) is 9.47. The van der Waals surface area contributed by atoms with E-state index in [1.165, 1.54) is 41.3 Å². The molecule has 31 heavy (non-hydrogen) atoms. The largest absolute Gasteiger partial charge is 0.326 e. The lowest BCUT2D eigenvalue weighted by molar-refractivity contribution is -0.122. The van der Waals surface area contributed by atoms with Crippen molar-refractivity contribution < 1.29 is 23.2 Å². The first-order chi connectivity index (χ1) is 14.9. The zero-order chi connectivity index (χ0) is 22.0. The zero-order valence-electron chi connectivity index (χ0n) is 16.1. The number of carbonyl (C=O) groups excluding carboxylic acids is 3. The highest BCUT2D eigenvalue weighted by Gasteiger charge is 2.38. The van der Waals surface area contributed by atoms with E-state index in [0.29, 0.717) is 17.1 Å². The van der Waals surface area contributed by atoms with E-state index in [0.717, 1.165) is 12.1 Å². The molecule has 0 aromatic heterocycles. The van der Waals surface area contributed by atoms with Crippen molar-refractivity contribution >= 4 is 34.8 Å². The summed E-state index contributed by atoms with van der Waals surface area (Å²) in [6.45, 7) is 0. The molecule has 1 aliphatic rings. The minimum Gasteiger partial charge on any atom is -0.326 e. The molecule has 1 heterocycles. The van der Waals surface area contributed by atoms with Gasteiger partial charge in [0.15, 0.2) is 0 Å². The smallest absolute Gasteiger partial charge is 0.259 e. The standard InChI is InChI=1S/C23H17F2N3O3/c24-15-7-5-14(6-8-15)23(31)28-19-4-2-1-3-18(19)27-22(30)20(28)13-21(29)26-17-11-9-16(25)10-12-17/h1-12,20H,13H2,(H,26,29)(H,27,30)/t20-/m0/s1. The van der Waals surface area contributed by atoms with Crippen LogP contribution in [0.1, 0.15) is 16.8 Å². The van der Waals surface area contributed by atoms with Crippen LogP contribution in [0.15, 0.2) is 72.8 Å². The highest BCUT2D eigenvalue weighted by atomic mass is 19.1. The van der Waals surface area contributed by atoms with Gasteiger partial charge in [0.05, 0.1) is 17.8 Å². The number of benzene rings is 3. The lowest BCUT2D eigenvalue weighted by Crippen LogP contribution is -2.52. The van der Waals surface area contributed by atoms with Gasteiger partial charge in [0, 0.05) is 11.3 Å². The first-order valence-electron chi connectivity index (χ1n) is 9.47. The number of anilines is 3. The van der Waals surface area contributed by atoms with Crippen LogP contribution in [0.5, 0.6) is 0 Å². The van der Waals surface area contributed by atoms with Crippen LogP contribution in [0.3, 0.4) is 0 Å². The number of carbonyl (C=O) groups is 3. The third-order valence-corrected chi connectivity index (χ3v) is 4.85. The Morgan fingerprint density at radius 1 is 0.903 bits per heavy atom. The van der Waals surface area contributed by atoms with Crippen LogP contribution < -0.4 is 15.5 Å². The summed E-state index contributed by atoms with van der Waals surface area (Å²) in [4.78, 5) is 39.9. The van der Waals surface area contributed by atoms with Crippen molar-refractivity contribution in [3.05, 3.63) is 90.0 Å². The summed E-state index contributed by atoms with van der Waals surface area (Å²) in [5.74, 6) is -2.53. The number of nitrogens with one attached hydrogen (secondary N) is 2. The molecule has 0 saturated heterocycles. The van der Waals surface area contributed by atoms with Gasteiger partial charge in [0.1, 0.15) is 17.7 Å². The Kier molecular flexibility index (Phi) is 5.44. The van der Waals surface area contributed by atoms with Gasteiger partial charge >= 0.3 is 0 Å². The van der Waals surface area contributed by atoms with Crippen molar-refractivity contribution in [1.29, 1.82) is 0 Å². The zero-order valence-corrected chi connectivity index (χ0v) is 16.1. The predicted molar refractivity (Wildman–Crippen MR) is 112 cm³/mol. The molecule has 0 radical (unpaired) electrons. The van der Waals surface area contributed by atoms with Crippen LogP contribution in [-0.2, 0) is 9.59 Å². The molecule has 8 heteroatoms. The molecule has 3 aromatic rings. The number of hydrogen-bond donors (Lipinski definition) is 2. The second-order valence-electron chi connectivity index (χ2n) is 6.96. The Morgan fingerprint density at radius 3 is 2.19 bits per heavy atom. The van der Waals surface area contributed by atoms with E-state index < -0.39 is 35.4 Å². The number of para-hydroxylation sites is 2. The predicted octanol–water partition coefficient (Wildman–Crippen LogP) is 3.96. The molecule has 156 valence electrons.